The zero-order chi connectivity index (χ0) is 22.4. The number of benzene rings is 1. The van der Waals surface area contributed by atoms with Gasteiger partial charge < -0.3 is 21.2 Å². The third-order valence-corrected chi connectivity index (χ3v) is 5.04. The largest absolute Gasteiger partial charge is 0.497 e. The Labute approximate surface area is 181 Å². The molecule has 0 radical (unpaired) electrons. The average Bonchev–Trinajstić information content (AvgIpc) is 2.75. The second-order valence-corrected chi connectivity index (χ2v) is 7.27. The fraction of sp³-hybridized carbons (Fsp3) is 0.261. The molecule has 3 rings (SSSR count). The van der Waals surface area contributed by atoms with Crippen molar-refractivity contribution in [3.8, 4) is 5.75 Å². The number of nitrogens with one attached hydrogen (secondary N) is 2. The van der Waals surface area contributed by atoms with Crippen LogP contribution in [0.5, 0.6) is 5.75 Å². The molecular formula is C23H27N5O3. The molecular weight excluding hydrogens is 394 g/mol. The van der Waals surface area contributed by atoms with Crippen LogP contribution in [0.15, 0.2) is 53.5 Å². The molecule has 1 amide bonds. The number of hydrogen-bond acceptors (Lipinski definition) is 6. The summed E-state index contributed by atoms with van der Waals surface area (Å²) in [4.78, 5) is 29.6. The summed E-state index contributed by atoms with van der Waals surface area (Å²) in [6, 6.07) is 12.9. The van der Waals surface area contributed by atoms with E-state index in [-0.39, 0.29) is 17.9 Å². The summed E-state index contributed by atoms with van der Waals surface area (Å²) in [5.74, 6) is 0.955. The van der Waals surface area contributed by atoms with Gasteiger partial charge in [0.05, 0.1) is 20.1 Å². The highest BCUT2D eigenvalue weighted by Gasteiger charge is 2.13. The highest BCUT2D eigenvalue weighted by atomic mass is 16.5. The van der Waals surface area contributed by atoms with E-state index in [9.17, 15) is 9.59 Å². The molecule has 2 aromatic heterocycles. The molecule has 8 nitrogen and oxygen atoms in total. The maximum atomic E-state index is 12.9. The van der Waals surface area contributed by atoms with Gasteiger partial charge in [-0.15, -0.1) is 0 Å². The molecule has 0 aliphatic heterocycles. The number of pyridine rings is 2. The fourth-order valence-corrected chi connectivity index (χ4v) is 3.18. The lowest BCUT2D eigenvalue weighted by Gasteiger charge is -2.14. The summed E-state index contributed by atoms with van der Waals surface area (Å²) >= 11 is 0. The quantitative estimate of drug-likeness (QED) is 0.513. The van der Waals surface area contributed by atoms with Gasteiger partial charge in [-0.3, -0.25) is 9.59 Å². The summed E-state index contributed by atoms with van der Waals surface area (Å²) in [6.07, 6.45) is 1.66. The van der Waals surface area contributed by atoms with Crippen LogP contribution >= 0.6 is 0 Å². The van der Waals surface area contributed by atoms with Crippen LogP contribution in [-0.4, -0.2) is 22.7 Å². The summed E-state index contributed by atoms with van der Waals surface area (Å²) in [6.45, 7) is 4.43. The lowest BCUT2D eigenvalue weighted by molar-refractivity contribution is -0.120. The van der Waals surface area contributed by atoms with Crippen LogP contribution in [0.3, 0.4) is 0 Å². The molecule has 162 valence electrons. The number of nitrogens with two attached hydrogens (primary N) is 1. The Bertz CT molecular complexity index is 1140. The minimum absolute atomic E-state index is 0.00616. The number of aryl methyl sites for hydroxylation is 2. The molecule has 1 aromatic carbocycles. The Hall–Kier alpha value is -3.81. The van der Waals surface area contributed by atoms with E-state index < -0.39 is 0 Å². The van der Waals surface area contributed by atoms with Crippen LogP contribution < -0.4 is 26.8 Å². The Morgan fingerprint density at radius 3 is 2.71 bits per heavy atom. The second-order valence-electron chi connectivity index (χ2n) is 7.27. The van der Waals surface area contributed by atoms with Gasteiger partial charge in [-0.25, -0.2) is 9.66 Å². The third kappa shape index (κ3) is 5.63. The predicted octanol–water partition coefficient (Wildman–Crippen LogP) is 2.05. The molecule has 0 aliphatic rings. The molecule has 0 unspecified atom stereocenters. The highest BCUT2D eigenvalue weighted by Crippen LogP contribution is 2.12. The second kappa shape index (κ2) is 9.80. The lowest BCUT2D eigenvalue weighted by atomic mass is 10.1. The minimum atomic E-state index is -0.247. The molecule has 3 aromatic rings. The van der Waals surface area contributed by atoms with Crippen LogP contribution in [0.2, 0.25) is 0 Å². The van der Waals surface area contributed by atoms with Gasteiger partial charge in [-0.2, -0.15) is 0 Å². The third-order valence-electron chi connectivity index (χ3n) is 5.04. The maximum Gasteiger partial charge on any atom is 0.272 e. The molecule has 2 heterocycles. The number of nitrogen functional groups attached to an aromatic ring is 1. The first kappa shape index (κ1) is 21.9. The Morgan fingerprint density at radius 1 is 1.16 bits per heavy atom. The van der Waals surface area contributed by atoms with Gasteiger partial charge in [0.15, 0.2) is 0 Å². The first-order valence-corrected chi connectivity index (χ1v) is 9.94. The van der Waals surface area contributed by atoms with Crippen molar-refractivity contribution in [3.05, 3.63) is 87.0 Å². The normalized spacial score (nSPS) is 10.5. The van der Waals surface area contributed by atoms with Gasteiger partial charge in [0.1, 0.15) is 11.6 Å². The first-order valence-electron chi connectivity index (χ1n) is 9.94. The molecule has 0 fully saturated rings. The number of rotatable bonds is 8. The van der Waals surface area contributed by atoms with Crippen molar-refractivity contribution in [1.29, 1.82) is 0 Å². The number of ether oxygens (including phenoxy) is 1. The number of anilines is 1. The van der Waals surface area contributed by atoms with Crippen LogP contribution in [-0.2, 0) is 24.3 Å². The van der Waals surface area contributed by atoms with Crippen molar-refractivity contribution in [2.75, 3.05) is 18.3 Å². The smallest absolute Gasteiger partial charge is 0.272 e. The van der Waals surface area contributed by atoms with E-state index in [1.807, 2.05) is 50.2 Å². The number of carbonyl (C=O) groups is 1. The van der Waals surface area contributed by atoms with Crippen molar-refractivity contribution < 1.29 is 9.53 Å². The summed E-state index contributed by atoms with van der Waals surface area (Å²) in [5, 5.41) is 2.85. The number of amides is 1. The Balaban J connectivity index is 1.66. The van der Waals surface area contributed by atoms with Crippen molar-refractivity contribution in [1.82, 2.24) is 15.0 Å². The number of nitrogens with zero attached hydrogens (tertiary/aromatic N) is 2. The van der Waals surface area contributed by atoms with Gasteiger partial charge in [0, 0.05) is 24.0 Å². The highest BCUT2D eigenvalue weighted by molar-refractivity contribution is 5.78. The molecule has 31 heavy (non-hydrogen) atoms. The molecule has 0 atom stereocenters. The van der Waals surface area contributed by atoms with E-state index in [0.29, 0.717) is 24.5 Å². The topological polar surface area (TPSA) is 111 Å². The molecule has 0 saturated heterocycles. The average molecular weight is 422 g/mol. The molecule has 0 spiro atoms. The van der Waals surface area contributed by atoms with Crippen molar-refractivity contribution in [2.45, 2.75) is 33.4 Å². The lowest BCUT2D eigenvalue weighted by Crippen LogP contribution is -2.34. The van der Waals surface area contributed by atoms with Crippen LogP contribution in [0.4, 0.5) is 5.82 Å². The predicted molar refractivity (Wildman–Crippen MR) is 120 cm³/mol. The summed E-state index contributed by atoms with van der Waals surface area (Å²) in [5.41, 5.74) is 12.3. The van der Waals surface area contributed by atoms with E-state index in [2.05, 4.69) is 15.7 Å². The van der Waals surface area contributed by atoms with Crippen LogP contribution in [0, 0.1) is 13.8 Å². The van der Waals surface area contributed by atoms with Crippen molar-refractivity contribution >= 4 is 11.7 Å². The van der Waals surface area contributed by atoms with E-state index in [4.69, 9.17) is 10.5 Å². The van der Waals surface area contributed by atoms with E-state index in [0.717, 1.165) is 28.1 Å². The van der Waals surface area contributed by atoms with Gasteiger partial charge >= 0.3 is 0 Å². The molecule has 0 saturated carbocycles. The van der Waals surface area contributed by atoms with E-state index >= 15 is 0 Å². The number of methoxy groups -OCH3 is 1. The van der Waals surface area contributed by atoms with E-state index in [1.54, 1.807) is 19.4 Å². The molecule has 0 aliphatic carbocycles. The number of aromatic nitrogens is 2. The minimum Gasteiger partial charge on any atom is -0.497 e. The van der Waals surface area contributed by atoms with Crippen LogP contribution in [0.1, 0.15) is 27.9 Å². The first-order chi connectivity index (χ1) is 14.9. The molecule has 0 bridgehead atoms. The van der Waals surface area contributed by atoms with Crippen molar-refractivity contribution in [3.63, 3.8) is 0 Å². The Kier molecular flexibility index (Phi) is 6.92. The summed E-state index contributed by atoms with van der Waals surface area (Å²) < 4.78 is 6.63. The SMILES string of the molecule is COc1cccc(CNn2ccc(C)c(CC(=O)NCc3ccc(N)nc3C)c2=O)c1. The van der Waals surface area contributed by atoms with Gasteiger partial charge in [-0.05, 0) is 54.8 Å². The molecule has 8 heteroatoms. The van der Waals surface area contributed by atoms with Crippen molar-refractivity contribution in [2.24, 2.45) is 0 Å². The van der Waals surface area contributed by atoms with E-state index in [1.165, 1.54) is 4.68 Å². The number of carbonyl (C=O) groups excluding carboxylic acids is 1. The maximum absolute atomic E-state index is 12.9. The Morgan fingerprint density at radius 2 is 1.97 bits per heavy atom. The van der Waals surface area contributed by atoms with Gasteiger partial charge in [0.2, 0.25) is 5.91 Å². The fourth-order valence-electron chi connectivity index (χ4n) is 3.18. The monoisotopic (exact) mass is 421 g/mol. The van der Waals surface area contributed by atoms with Crippen LogP contribution in [0.25, 0.3) is 0 Å². The van der Waals surface area contributed by atoms with Gasteiger partial charge in [0.25, 0.3) is 5.56 Å². The zero-order valence-electron chi connectivity index (χ0n) is 17.9. The van der Waals surface area contributed by atoms with Gasteiger partial charge in [-0.1, -0.05) is 18.2 Å². The standard InChI is InChI=1S/C23H27N5O3/c1-15-9-10-28(26-13-17-5-4-6-19(11-17)31-3)23(30)20(15)12-22(29)25-14-18-7-8-21(24)27-16(18)2/h4-11,26H,12-14H2,1-3H3,(H2,24,27)(H,25,29). The zero-order valence-corrected chi connectivity index (χ0v) is 17.9. The molecule has 4 N–H and O–H groups in total. The summed E-state index contributed by atoms with van der Waals surface area (Å²) in [7, 11) is 1.61. The number of hydrogen-bond donors (Lipinski definition) is 3.